The lowest BCUT2D eigenvalue weighted by atomic mass is 10.1. The maximum absolute atomic E-state index is 3.69. The standard InChI is InChI=1S/C16H24N2/c1-3-13-4-6-14(7-5-13)17-15-10-12(2)18(11-15)16-8-9-16/h4-7,12,15-17H,3,8-11H2,1-2H3. The molecule has 2 fully saturated rings. The molecule has 2 unspecified atom stereocenters. The van der Waals surface area contributed by atoms with Crippen molar-refractivity contribution < 1.29 is 0 Å². The topological polar surface area (TPSA) is 15.3 Å². The van der Waals surface area contributed by atoms with Crippen molar-refractivity contribution >= 4 is 5.69 Å². The molecule has 0 spiro atoms. The summed E-state index contributed by atoms with van der Waals surface area (Å²) in [5, 5.41) is 3.69. The van der Waals surface area contributed by atoms with Gasteiger partial charge in [-0.1, -0.05) is 19.1 Å². The van der Waals surface area contributed by atoms with Crippen LogP contribution in [0.3, 0.4) is 0 Å². The summed E-state index contributed by atoms with van der Waals surface area (Å²) >= 11 is 0. The van der Waals surface area contributed by atoms with Crippen molar-refractivity contribution in [2.24, 2.45) is 0 Å². The SMILES string of the molecule is CCc1ccc(NC2CC(C)N(C3CC3)C2)cc1. The van der Waals surface area contributed by atoms with Gasteiger partial charge in [0.05, 0.1) is 0 Å². The van der Waals surface area contributed by atoms with Crippen molar-refractivity contribution in [1.29, 1.82) is 0 Å². The zero-order valence-corrected chi connectivity index (χ0v) is 11.5. The first-order valence-electron chi connectivity index (χ1n) is 7.37. The monoisotopic (exact) mass is 244 g/mol. The molecule has 0 amide bonds. The molecule has 1 aliphatic carbocycles. The zero-order valence-electron chi connectivity index (χ0n) is 11.5. The Balaban J connectivity index is 1.59. The Hall–Kier alpha value is -1.02. The summed E-state index contributed by atoms with van der Waals surface area (Å²) in [4.78, 5) is 2.69. The molecule has 2 atom stereocenters. The molecule has 1 N–H and O–H groups in total. The van der Waals surface area contributed by atoms with E-state index in [1.54, 1.807) is 0 Å². The number of aryl methyl sites for hydroxylation is 1. The van der Waals surface area contributed by atoms with E-state index in [1.165, 1.54) is 37.1 Å². The highest BCUT2D eigenvalue weighted by Gasteiger charge is 2.38. The third-order valence-corrected chi connectivity index (χ3v) is 4.37. The summed E-state index contributed by atoms with van der Waals surface area (Å²) in [5.74, 6) is 0. The van der Waals surface area contributed by atoms with Gasteiger partial charge in [-0.3, -0.25) is 4.90 Å². The minimum Gasteiger partial charge on any atom is -0.381 e. The van der Waals surface area contributed by atoms with Gasteiger partial charge in [-0.15, -0.1) is 0 Å². The Labute approximate surface area is 110 Å². The number of nitrogens with one attached hydrogen (secondary N) is 1. The van der Waals surface area contributed by atoms with E-state index in [4.69, 9.17) is 0 Å². The van der Waals surface area contributed by atoms with E-state index in [-0.39, 0.29) is 0 Å². The quantitative estimate of drug-likeness (QED) is 0.874. The van der Waals surface area contributed by atoms with Gasteiger partial charge in [0.1, 0.15) is 0 Å². The average molecular weight is 244 g/mol. The molecule has 0 aromatic heterocycles. The molecule has 1 aromatic carbocycles. The summed E-state index contributed by atoms with van der Waals surface area (Å²) in [5.41, 5.74) is 2.70. The van der Waals surface area contributed by atoms with Crippen molar-refractivity contribution in [3.8, 4) is 0 Å². The minimum absolute atomic E-state index is 0.632. The van der Waals surface area contributed by atoms with Gasteiger partial charge < -0.3 is 5.32 Å². The first-order chi connectivity index (χ1) is 8.76. The Bertz CT molecular complexity index is 394. The molecule has 1 saturated carbocycles. The Morgan fingerprint density at radius 1 is 1.22 bits per heavy atom. The first kappa shape index (κ1) is 12.0. The minimum atomic E-state index is 0.632. The second-order valence-electron chi connectivity index (χ2n) is 5.90. The molecule has 18 heavy (non-hydrogen) atoms. The van der Waals surface area contributed by atoms with Crippen LogP contribution >= 0.6 is 0 Å². The summed E-state index contributed by atoms with van der Waals surface area (Å²) in [6.45, 7) is 5.80. The van der Waals surface area contributed by atoms with Crippen LogP contribution < -0.4 is 5.32 Å². The van der Waals surface area contributed by atoms with Crippen LogP contribution in [0.4, 0.5) is 5.69 Å². The molecule has 0 bridgehead atoms. The van der Waals surface area contributed by atoms with E-state index >= 15 is 0 Å². The van der Waals surface area contributed by atoms with Gasteiger partial charge >= 0.3 is 0 Å². The van der Waals surface area contributed by atoms with Crippen molar-refractivity contribution in [3.63, 3.8) is 0 Å². The number of hydrogen-bond acceptors (Lipinski definition) is 2. The van der Waals surface area contributed by atoms with Crippen LogP contribution in [0.15, 0.2) is 24.3 Å². The fourth-order valence-corrected chi connectivity index (χ4v) is 3.15. The van der Waals surface area contributed by atoms with Crippen LogP contribution in [0.1, 0.15) is 38.7 Å². The van der Waals surface area contributed by atoms with E-state index < -0.39 is 0 Å². The summed E-state index contributed by atoms with van der Waals surface area (Å²) < 4.78 is 0. The van der Waals surface area contributed by atoms with Gasteiger partial charge in [-0.2, -0.15) is 0 Å². The zero-order chi connectivity index (χ0) is 12.5. The molecule has 2 aliphatic rings. The predicted octanol–water partition coefficient (Wildman–Crippen LogP) is 3.29. The third kappa shape index (κ3) is 2.54. The van der Waals surface area contributed by atoms with Crippen molar-refractivity contribution in [3.05, 3.63) is 29.8 Å². The molecule has 1 aromatic rings. The number of nitrogens with zero attached hydrogens (tertiary/aromatic N) is 1. The number of hydrogen-bond donors (Lipinski definition) is 1. The van der Waals surface area contributed by atoms with Gasteiger partial charge in [0.25, 0.3) is 0 Å². The number of rotatable bonds is 4. The number of anilines is 1. The number of benzene rings is 1. The lowest BCUT2D eigenvalue weighted by Gasteiger charge is -2.20. The highest BCUT2D eigenvalue weighted by atomic mass is 15.3. The van der Waals surface area contributed by atoms with Crippen LogP contribution in [0.5, 0.6) is 0 Å². The van der Waals surface area contributed by atoms with Crippen LogP contribution in [0.25, 0.3) is 0 Å². The van der Waals surface area contributed by atoms with E-state index in [2.05, 4.69) is 48.3 Å². The van der Waals surface area contributed by atoms with Gasteiger partial charge in [-0.25, -0.2) is 0 Å². The van der Waals surface area contributed by atoms with Crippen molar-refractivity contribution in [2.75, 3.05) is 11.9 Å². The smallest absolute Gasteiger partial charge is 0.0403 e. The molecule has 0 radical (unpaired) electrons. The van der Waals surface area contributed by atoms with Gasteiger partial charge in [0.15, 0.2) is 0 Å². The van der Waals surface area contributed by atoms with E-state index in [0.717, 1.165) is 18.5 Å². The van der Waals surface area contributed by atoms with Gasteiger partial charge in [0, 0.05) is 30.4 Å². The van der Waals surface area contributed by atoms with E-state index in [9.17, 15) is 0 Å². The molecule has 1 aliphatic heterocycles. The lowest BCUT2D eigenvalue weighted by Crippen LogP contribution is -2.30. The van der Waals surface area contributed by atoms with Gasteiger partial charge in [0.2, 0.25) is 0 Å². The second-order valence-corrected chi connectivity index (χ2v) is 5.90. The van der Waals surface area contributed by atoms with Crippen LogP contribution in [-0.4, -0.2) is 29.6 Å². The molecule has 2 nitrogen and oxygen atoms in total. The van der Waals surface area contributed by atoms with E-state index in [0.29, 0.717) is 6.04 Å². The maximum Gasteiger partial charge on any atom is 0.0403 e. The number of likely N-dealkylation sites (tertiary alicyclic amines) is 1. The molecule has 2 heteroatoms. The maximum atomic E-state index is 3.69. The Morgan fingerprint density at radius 3 is 2.56 bits per heavy atom. The van der Waals surface area contributed by atoms with E-state index in [1.807, 2.05) is 0 Å². The molecule has 98 valence electrons. The summed E-state index contributed by atoms with van der Waals surface area (Å²) in [6.07, 6.45) is 5.24. The Kier molecular flexibility index (Phi) is 3.29. The summed E-state index contributed by atoms with van der Waals surface area (Å²) in [6, 6.07) is 11.2. The highest BCUT2D eigenvalue weighted by molar-refractivity contribution is 5.45. The van der Waals surface area contributed by atoms with Crippen molar-refractivity contribution in [2.45, 2.75) is 57.7 Å². The van der Waals surface area contributed by atoms with Crippen molar-refractivity contribution in [1.82, 2.24) is 4.90 Å². The highest BCUT2D eigenvalue weighted by Crippen LogP contribution is 2.34. The normalized spacial score (nSPS) is 28.6. The largest absolute Gasteiger partial charge is 0.381 e. The lowest BCUT2D eigenvalue weighted by molar-refractivity contribution is 0.257. The molecule has 1 heterocycles. The first-order valence-corrected chi connectivity index (χ1v) is 7.37. The second kappa shape index (κ2) is 4.93. The molecular formula is C16H24N2. The van der Waals surface area contributed by atoms with Crippen LogP contribution in [0, 0.1) is 0 Å². The van der Waals surface area contributed by atoms with Crippen LogP contribution in [0.2, 0.25) is 0 Å². The molecule has 1 saturated heterocycles. The fourth-order valence-electron chi connectivity index (χ4n) is 3.15. The third-order valence-electron chi connectivity index (χ3n) is 4.37. The van der Waals surface area contributed by atoms with Gasteiger partial charge in [-0.05, 0) is 50.3 Å². The Morgan fingerprint density at radius 2 is 1.94 bits per heavy atom. The molecule has 3 rings (SSSR count). The summed E-state index contributed by atoms with van der Waals surface area (Å²) in [7, 11) is 0. The molecular weight excluding hydrogens is 220 g/mol. The predicted molar refractivity (Wildman–Crippen MR) is 77.0 cm³/mol. The fraction of sp³-hybridized carbons (Fsp3) is 0.625. The van der Waals surface area contributed by atoms with Crippen LogP contribution in [-0.2, 0) is 6.42 Å². The average Bonchev–Trinajstić information content (AvgIpc) is 3.15.